The summed E-state index contributed by atoms with van der Waals surface area (Å²) >= 11 is 0. The molecule has 2 N–H and O–H groups in total. The van der Waals surface area contributed by atoms with E-state index in [2.05, 4.69) is 9.47 Å². The first kappa shape index (κ1) is 24.7. The van der Waals surface area contributed by atoms with Crippen molar-refractivity contribution in [2.45, 2.75) is 50.7 Å². The summed E-state index contributed by atoms with van der Waals surface area (Å²) in [7, 11) is 0. The number of hydrogen-bond donors (Lipinski definition) is 2. The van der Waals surface area contributed by atoms with E-state index in [0.717, 1.165) is 0 Å². The van der Waals surface area contributed by atoms with Crippen molar-refractivity contribution in [2.75, 3.05) is 13.1 Å². The lowest BCUT2D eigenvalue weighted by Crippen LogP contribution is -2.34. The van der Waals surface area contributed by atoms with Crippen molar-refractivity contribution >= 4 is 47.5 Å². The van der Waals surface area contributed by atoms with Crippen LogP contribution in [0.3, 0.4) is 0 Å². The molecule has 32 heavy (non-hydrogen) atoms. The molecule has 0 aromatic carbocycles. The van der Waals surface area contributed by atoms with Gasteiger partial charge in [-0.05, 0) is 0 Å². The molecule has 2 saturated heterocycles. The van der Waals surface area contributed by atoms with Gasteiger partial charge in [-0.25, -0.2) is 0 Å². The first-order valence-electron chi connectivity index (χ1n) is 9.51. The number of aliphatic hydroxyl groups is 2. The molecule has 2 unspecified atom stereocenters. The molecule has 0 aromatic rings. The summed E-state index contributed by atoms with van der Waals surface area (Å²) in [5.41, 5.74) is 0. The Morgan fingerprint density at radius 1 is 0.656 bits per heavy atom. The van der Waals surface area contributed by atoms with Crippen LogP contribution < -0.4 is 0 Å². The van der Waals surface area contributed by atoms with Gasteiger partial charge < -0.3 is 19.7 Å². The van der Waals surface area contributed by atoms with Crippen LogP contribution in [0.15, 0.2) is 0 Å². The molecule has 4 amide bonds. The van der Waals surface area contributed by atoms with Gasteiger partial charge in [0, 0.05) is 13.1 Å². The fraction of sp³-hybridized carbons (Fsp3) is 0.556. The highest BCUT2D eigenvalue weighted by Gasteiger charge is 2.38. The van der Waals surface area contributed by atoms with Crippen LogP contribution in [0.2, 0.25) is 0 Å². The van der Waals surface area contributed by atoms with Crippen LogP contribution in [-0.2, 0) is 47.8 Å². The minimum atomic E-state index is -1.46. The number of carbonyl (C=O) groups excluding carboxylic acids is 8. The molecule has 0 saturated carbocycles. The quantitative estimate of drug-likeness (QED) is 0.202. The lowest BCUT2D eigenvalue weighted by atomic mass is 10.3. The van der Waals surface area contributed by atoms with Crippen LogP contribution in [0.25, 0.3) is 0 Å². The molecule has 2 heterocycles. The van der Waals surface area contributed by atoms with Crippen molar-refractivity contribution in [2.24, 2.45) is 0 Å². The number of likely N-dealkylation sites (tertiary alicyclic amines) is 2. The third-order valence-corrected chi connectivity index (χ3v) is 4.51. The Balaban J connectivity index is 1.63. The molecular weight excluding hydrogens is 436 g/mol. The summed E-state index contributed by atoms with van der Waals surface area (Å²) in [6.07, 6.45) is -5.90. The Labute approximate surface area is 180 Å². The summed E-state index contributed by atoms with van der Waals surface area (Å²) < 4.78 is 8.85. The highest BCUT2D eigenvalue weighted by molar-refractivity contribution is 6.05. The molecule has 174 valence electrons. The largest absolute Gasteiger partial charge is 0.393 e. The van der Waals surface area contributed by atoms with E-state index in [0.29, 0.717) is 9.80 Å². The maximum Gasteiger partial charge on any atom is 0.315 e. The van der Waals surface area contributed by atoms with E-state index >= 15 is 0 Å². The lowest BCUT2D eigenvalue weighted by Gasteiger charge is -2.13. The third kappa shape index (κ3) is 6.49. The van der Waals surface area contributed by atoms with Crippen molar-refractivity contribution in [3.05, 3.63) is 0 Å². The first-order chi connectivity index (χ1) is 15.0. The highest BCUT2D eigenvalue weighted by atomic mass is 16.6. The lowest BCUT2D eigenvalue weighted by molar-refractivity contribution is -0.165. The number of ether oxygens (including phenoxy) is 2. The van der Waals surface area contributed by atoms with Crippen molar-refractivity contribution in [3.8, 4) is 0 Å². The van der Waals surface area contributed by atoms with E-state index in [1.807, 2.05) is 0 Å². The summed E-state index contributed by atoms with van der Waals surface area (Å²) in [5, 5.41) is 18.5. The number of amides is 4. The Morgan fingerprint density at radius 3 is 1.25 bits per heavy atom. The van der Waals surface area contributed by atoms with Gasteiger partial charge in [0.15, 0.2) is 0 Å². The highest BCUT2D eigenvalue weighted by Crippen LogP contribution is 2.14. The van der Waals surface area contributed by atoms with E-state index in [1.165, 1.54) is 0 Å². The van der Waals surface area contributed by atoms with Gasteiger partial charge in [0.1, 0.15) is 12.2 Å². The van der Waals surface area contributed by atoms with Gasteiger partial charge in [0.2, 0.25) is 11.8 Å². The summed E-state index contributed by atoms with van der Waals surface area (Å²) in [6.45, 7) is -0.757. The van der Waals surface area contributed by atoms with Crippen molar-refractivity contribution in [1.29, 1.82) is 0 Å². The number of hydrogen-bond acceptors (Lipinski definition) is 12. The Morgan fingerprint density at radius 2 is 0.969 bits per heavy atom. The normalized spacial score (nSPS) is 20.7. The van der Waals surface area contributed by atoms with Gasteiger partial charge in [0.05, 0.1) is 38.5 Å². The van der Waals surface area contributed by atoms with Gasteiger partial charge in [-0.2, -0.15) is 0 Å². The zero-order chi connectivity index (χ0) is 24.0. The van der Waals surface area contributed by atoms with Gasteiger partial charge >= 0.3 is 23.9 Å². The fourth-order valence-electron chi connectivity index (χ4n) is 2.87. The van der Waals surface area contributed by atoms with E-state index in [4.69, 9.17) is 0 Å². The van der Waals surface area contributed by atoms with Crippen LogP contribution in [-0.4, -0.2) is 92.8 Å². The third-order valence-electron chi connectivity index (χ3n) is 4.51. The molecule has 2 rings (SSSR count). The number of rotatable bonds is 9. The van der Waals surface area contributed by atoms with E-state index in [-0.39, 0.29) is 25.9 Å². The van der Waals surface area contributed by atoms with Gasteiger partial charge in [-0.15, -0.1) is 0 Å². The second kappa shape index (κ2) is 10.7. The number of carbonyl (C=O) groups is 8. The average molecular weight is 456 g/mol. The fourth-order valence-corrected chi connectivity index (χ4v) is 2.87. The number of esters is 4. The van der Waals surface area contributed by atoms with Gasteiger partial charge in [-0.3, -0.25) is 48.2 Å². The van der Waals surface area contributed by atoms with Crippen LogP contribution >= 0.6 is 0 Å². The van der Waals surface area contributed by atoms with Crippen LogP contribution in [0.1, 0.15) is 38.5 Å². The molecule has 0 spiro atoms. The molecule has 0 aliphatic carbocycles. The molecule has 14 heteroatoms. The molecule has 2 aliphatic rings. The zero-order valence-electron chi connectivity index (χ0n) is 16.7. The summed E-state index contributed by atoms with van der Waals surface area (Å²) in [5.74, 6) is -7.38. The minimum Gasteiger partial charge on any atom is -0.393 e. The Kier molecular flexibility index (Phi) is 8.26. The molecule has 2 atom stereocenters. The molecular formula is C18H20N2O12. The van der Waals surface area contributed by atoms with E-state index in [9.17, 15) is 48.6 Å². The molecule has 2 fully saturated rings. The molecule has 14 nitrogen and oxygen atoms in total. The number of nitrogens with zero attached hydrogens (tertiary/aromatic N) is 2. The van der Waals surface area contributed by atoms with Gasteiger partial charge in [-0.1, -0.05) is 0 Å². The maximum absolute atomic E-state index is 11.6. The summed E-state index contributed by atoms with van der Waals surface area (Å²) in [4.78, 5) is 93.7. The Hall–Kier alpha value is -3.52. The van der Waals surface area contributed by atoms with Crippen LogP contribution in [0.4, 0.5) is 0 Å². The first-order valence-corrected chi connectivity index (χ1v) is 9.51. The van der Waals surface area contributed by atoms with Gasteiger partial charge in [0.25, 0.3) is 11.8 Å². The van der Waals surface area contributed by atoms with Crippen molar-refractivity contribution in [3.63, 3.8) is 0 Å². The monoisotopic (exact) mass is 456 g/mol. The zero-order valence-corrected chi connectivity index (χ0v) is 16.7. The van der Waals surface area contributed by atoms with Crippen LogP contribution in [0.5, 0.6) is 0 Å². The van der Waals surface area contributed by atoms with Crippen molar-refractivity contribution in [1.82, 2.24) is 9.80 Å². The standard InChI is InChI=1S/C18H20N2O12/c21-9-7-11(23)19(17(9)29)5-3-15(27)31-13(25)1-2-14(26)32-16(28)4-6-20-12(24)8-10(22)18(20)30/h9-10,21-22H,1-8H2. The van der Waals surface area contributed by atoms with Crippen LogP contribution in [0, 0.1) is 0 Å². The van der Waals surface area contributed by atoms with E-state index in [1.54, 1.807) is 0 Å². The van der Waals surface area contributed by atoms with E-state index < -0.39 is 85.4 Å². The second-order valence-electron chi connectivity index (χ2n) is 6.90. The predicted molar refractivity (Wildman–Crippen MR) is 95.4 cm³/mol. The molecule has 2 aliphatic heterocycles. The maximum atomic E-state index is 11.6. The molecule has 0 aromatic heterocycles. The minimum absolute atomic E-state index is 0.379. The SMILES string of the molecule is O=C(CCC(=O)OC(=O)CCN1C(=O)CC(O)C1=O)OC(=O)CCN1C(=O)CC(O)C1=O. The Bertz CT molecular complexity index is 796. The second-order valence-corrected chi connectivity index (χ2v) is 6.90. The van der Waals surface area contributed by atoms with Crippen molar-refractivity contribution < 1.29 is 58.0 Å². The average Bonchev–Trinajstić information content (AvgIpc) is 3.10. The number of imide groups is 2. The topological polar surface area (TPSA) is 202 Å². The molecule has 0 bridgehead atoms. The number of aliphatic hydroxyl groups excluding tert-OH is 2. The predicted octanol–water partition coefficient (Wildman–Crippen LogP) is -3.07. The molecule has 0 radical (unpaired) electrons. The summed E-state index contributed by atoms with van der Waals surface area (Å²) in [6, 6.07) is 0. The smallest absolute Gasteiger partial charge is 0.315 e.